The highest BCUT2D eigenvalue weighted by Gasteiger charge is 2.50. The molecule has 2 amide bonds. The quantitative estimate of drug-likeness (QED) is 0.362. The minimum absolute atomic E-state index is 0.479. The van der Waals surface area contributed by atoms with Crippen LogP contribution in [0.1, 0.15) is 31.1 Å². The molecular formula is C23H14F6N2O4. The largest absolute Gasteiger partial charge is 0.491 e. The van der Waals surface area contributed by atoms with Gasteiger partial charge in [-0.1, -0.05) is 42.5 Å². The third-order valence-corrected chi connectivity index (χ3v) is 4.66. The van der Waals surface area contributed by atoms with Crippen molar-refractivity contribution in [2.75, 3.05) is 9.80 Å². The molecule has 0 bridgehead atoms. The van der Waals surface area contributed by atoms with Crippen molar-refractivity contribution in [2.45, 2.75) is 12.6 Å². The molecule has 12 heteroatoms. The normalized spacial score (nSPS) is 11.6. The molecule has 1 N–H and O–H groups in total. The molecule has 3 aromatic rings. The number of alkyl halides is 6. The smallest absolute Gasteiger partial charge is 0.478 e. The Morgan fingerprint density at radius 3 is 1.43 bits per heavy atom. The van der Waals surface area contributed by atoms with Crippen molar-refractivity contribution in [2.24, 2.45) is 0 Å². The molecule has 0 aliphatic carbocycles. The van der Waals surface area contributed by atoms with E-state index in [4.69, 9.17) is 0 Å². The van der Waals surface area contributed by atoms with Crippen molar-refractivity contribution in [3.05, 3.63) is 95.6 Å². The minimum Gasteiger partial charge on any atom is -0.478 e. The number of carbonyl (C=O) groups excluding carboxylic acids is 2. The lowest BCUT2D eigenvalue weighted by molar-refractivity contribution is -0.126. The van der Waals surface area contributed by atoms with E-state index in [1.54, 1.807) is 0 Å². The van der Waals surface area contributed by atoms with Gasteiger partial charge in [-0.2, -0.15) is 0 Å². The number of anilines is 2. The van der Waals surface area contributed by atoms with Gasteiger partial charge in [-0.15, -0.1) is 26.3 Å². The molecule has 0 radical (unpaired) electrons. The van der Waals surface area contributed by atoms with Crippen LogP contribution in [0.25, 0.3) is 0 Å². The highest BCUT2D eigenvalue weighted by Crippen LogP contribution is 2.43. The van der Waals surface area contributed by atoms with Gasteiger partial charge in [0.2, 0.25) is 0 Å². The third-order valence-electron chi connectivity index (χ3n) is 4.66. The van der Waals surface area contributed by atoms with Crippen molar-refractivity contribution in [1.29, 1.82) is 0 Å². The fraction of sp³-hybridized carbons (Fsp3) is 0.0870. The van der Waals surface area contributed by atoms with Crippen molar-refractivity contribution >= 4 is 29.2 Å². The molecule has 0 aromatic heterocycles. The maximum atomic E-state index is 14.2. The first-order chi connectivity index (χ1) is 16.3. The molecule has 0 aliphatic rings. The zero-order valence-electron chi connectivity index (χ0n) is 17.3. The van der Waals surface area contributed by atoms with Gasteiger partial charge in [0.05, 0.1) is 16.9 Å². The van der Waals surface area contributed by atoms with Gasteiger partial charge < -0.3 is 5.11 Å². The first-order valence-electron chi connectivity index (χ1n) is 9.63. The topological polar surface area (TPSA) is 77.9 Å². The summed E-state index contributed by atoms with van der Waals surface area (Å²) in [4.78, 5) is 35.5. The van der Waals surface area contributed by atoms with Gasteiger partial charge in [-0.25, -0.2) is 14.6 Å². The molecule has 0 aliphatic heterocycles. The lowest BCUT2D eigenvalue weighted by atomic mass is 10.1. The summed E-state index contributed by atoms with van der Waals surface area (Å²) in [6.07, 6.45) is -11.3. The highest BCUT2D eigenvalue weighted by atomic mass is 19.4. The first-order valence-corrected chi connectivity index (χ1v) is 9.63. The molecule has 0 atom stereocenters. The lowest BCUT2D eigenvalue weighted by Crippen LogP contribution is -2.48. The van der Waals surface area contributed by atoms with E-state index in [0.29, 0.717) is 12.1 Å². The van der Waals surface area contributed by atoms with E-state index in [1.165, 1.54) is 36.4 Å². The molecule has 3 rings (SSSR count). The second-order valence-corrected chi connectivity index (χ2v) is 6.93. The molecule has 0 saturated carbocycles. The van der Waals surface area contributed by atoms with Crippen LogP contribution in [-0.2, 0) is 0 Å². The number of aromatic carboxylic acids is 1. The highest BCUT2D eigenvalue weighted by molar-refractivity contribution is 6.15. The summed E-state index contributed by atoms with van der Waals surface area (Å²) in [5, 5.41) is 9.51. The van der Waals surface area contributed by atoms with Gasteiger partial charge in [0.15, 0.2) is 0 Å². The molecule has 0 heterocycles. The Labute approximate surface area is 193 Å². The van der Waals surface area contributed by atoms with E-state index in [-0.39, 0.29) is 0 Å². The van der Waals surface area contributed by atoms with Gasteiger partial charge in [0.1, 0.15) is 0 Å². The van der Waals surface area contributed by atoms with Crippen LogP contribution in [-0.4, -0.2) is 35.5 Å². The molecule has 182 valence electrons. The molecule has 0 spiro atoms. The van der Waals surface area contributed by atoms with Crippen LogP contribution in [0, 0.1) is 0 Å². The molecule has 0 saturated heterocycles. The number of halogens is 6. The second kappa shape index (κ2) is 9.49. The maximum absolute atomic E-state index is 14.2. The van der Waals surface area contributed by atoms with E-state index < -0.39 is 68.2 Å². The van der Waals surface area contributed by atoms with Gasteiger partial charge in [-0.05, 0) is 36.4 Å². The zero-order chi connectivity index (χ0) is 26.0. The molecule has 3 aromatic carbocycles. The molecule has 35 heavy (non-hydrogen) atoms. The van der Waals surface area contributed by atoms with Crippen LogP contribution < -0.4 is 9.80 Å². The number of hydrogen-bond donors (Lipinski definition) is 1. The van der Waals surface area contributed by atoms with Crippen LogP contribution in [0.3, 0.4) is 0 Å². The Kier molecular flexibility index (Phi) is 6.85. The van der Waals surface area contributed by atoms with Crippen LogP contribution >= 0.6 is 0 Å². The zero-order valence-corrected chi connectivity index (χ0v) is 17.3. The minimum atomic E-state index is -5.67. The molecule has 0 fully saturated rings. The Bertz CT molecular complexity index is 1240. The number of carboxylic acid groups (broad SMARTS) is 1. The van der Waals surface area contributed by atoms with Gasteiger partial charge in [0.25, 0.3) is 11.8 Å². The molecule has 6 nitrogen and oxygen atoms in total. The van der Waals surface area contributed by atoms with Crippen LogP contribution in [0.2, 0.25) is 0 Å². The second-order valence-electron chi connectivity index (χ2n) is 6.93. The Morgan fingerprint density at radius 2 is 1.03 bits per heavy atom. The fourth-order valence-corrected chi connectivity index (χ4v) is 3.24. The predicted molar refractivity (Wildman–Crippen MR) is 112 cm³/mol. The number of rotatable bonds is 5. The molecule has 0 unspecified atom stereocenters. The summed E-state index contributed by atoms with van der Waals surface area (Å²) in [5.41, 5.74) is -5.55. The van der Waals surface area contributed by atoms with Crippen LogP contribution in [0.5, 0.6) is 0 Å². The average Bonchev–Trinajstić information content (AvgIpc) is 2.79. The average molecular weight is 496 g/mol. The summed E-state index contributed by atoms with van der Waals surface area (Å²) in [5.74, 6) is -5.68. The standard InChI is InChI=1S/C23H14F6N2O4/c24-22(25,26)30(19(32)14-8-3-1-4-9-14)17-13-7-12-16(21(34)35)18(17)31(23(27,28)29)20(33)15-10-5-2-6-11-15/h1-13H,(H,34,35). The third kappa shape index (κ3) is 5.26. The number of nitrogens with zero attached hydrogens (tertiary/aromatic N) is 2. The summed E-state index contributed by atoms with van der Waals surface area (Å²) < 4.78 is 84.9. The van der Waals surface area contributed by atoms with Crippen molar-refractivity contribution < 1.29 is 45.8 Å². The Morgan fingerprint density at radius 1 is 0.600 bits per heavy atom. The van der Waals surface area contributed by atoms with E-state index in [1.807, 2.05) is 0 Å². The van der Waals surface area contributed by atoms with Crippen molar-refractivity contribution in [3.8, 4) is 0 Å². The van der Waals surface area contributed by atoms with Crippen molar-refractivity contribution in [3.63, 3.8) is 0 Å². The predicted octanol–water partition coefficient (Wildman–Crippen LogP) is 5.72. The van der Waals surface area contributed by atoms with Crippen LogP contribution in [0.4, 0.5) is 37.7 Å². The van der Waals surface area contributed by atoms with E-state index in [9.17, 15) is 45.8 Å². The van der Waals surface area contributed by atoms with Gasteiger partial charge in [-0.3, -0.25) is 9.59 Å². The summed E-state index contributed by atoms with van der Waals surface area (Å²) in [6.45, 7) is 0. The van der Waals surface area contributed by atoms with E-state index in [2.05, 4.69) is 0 Å². The Balaban J connectivity index is 2.36. The molecular weight excluding hydrogens is 482 g/mol. The number of amides is 2. The summed E-state index contributed by atoms with van der Waals surface area (Å²) in [7, 11) is 0. The number of benzene rings is 3. The first kappa shape index (κ1) is 25.3. The lowest BCUT2D eigenvalue weighted by Gasteiger charge is -2.33. The number of para-hydroxylation sites is 1. The number of carboxylic acids is 1. The Hall–Kier alpha value is -4.35. The maximum Gasteiger partial charge on any atom is 0.491 e. The SMILES string of the molecule is O=C(O)c1cccc(N(C(=O)c2ccccc2)C(F)(F)F)c1N(C(=O)c1ccccc1)C(F)(F)F. The van der Waals surface area contributed by atoms with Gasteiger partial charge in [0, 0.05) is 11.1 Å². The van der Waals surface area contributed by atoms with E-state index >= 15 is 0 Å². The monoisotopic (exact) mass is 496 g/mol. The van der Waals surface area contributed by atoms with Crippen LogP contribution in [0.15, 0.2) is 78.9 Å². The number of hydrogen-bond acceptors (Lipinski definition) is 3. The van der Waals surface area contributed by atoms with E-state index in [0.717, 1.165) is 30.3 Å². The summed E-state index contributed by atoms with van der Waals surface area (Å²) in [6, 6.07) is 13.4. The van der Waals surface area contributed by atoms with Gasteiger partial charge >= 0.3 is 18.6 Å². The fourth-order valence-electron chi connectivity index (χ4n) is 3.24. The summed E-state index contributed by atoms with van der Waals surface area (Å²) >= 11 is 0. The van der Waals surface area contributed by atoms with Crippen molar-refractivity contribution in [1.82, 2.24) is 0 Å². The number of carbonyl (C=O) groups is 3.